The molecule has 0 spiro atoms. The standard InChI is InChI=1S/C9H18ClNO2/c1-11(10)8-6-4-3-5-7-9(12)13-2/h3-8H2,1-2H3. The Hall–Kier alpha value is -0.280. The molecule has 0 aromatic heterocycles. The number of carbonyl (C=O) groups excluding carboxylic acids is 1. The second-order valence-electron chi connectivity index (χ2n) is 3.07. The lowest BCUT2D eigenvalue weighted by atomic mass is 10.1. The topological polar surface area (TPSA) is 29.5 Å². The van der Waals surface area contributed by atoms with E-state index in [1.807, 2.05) is 7.05 Å². The highest BCUT2D eigenvalue weighted by molar-refractivity contribution is 6.13. The molecule has 0 saturated carbocycles. The summed E-state index contributed by atoms with van der Waals surface area (Å²) in [5, 5.41) is 0. The number of ether oxygens (including phenoxy) is 1. The number of hydrogen-bond acceptors (Lipinski definition) is 3. The number of rotatable bonds is 7. The quantitative estimate of drug-likeness (QED) is 0.364. The van der Waals surface area contributed by atoms with Gasteiger partial charge in [0.25, 0.3) is 0 Å². The number of esters is 1. The molecule has 0 N–H and O–H groups in total. The molecule has 0 saturated heterocycles. The molecule has 0 atom stereocenters. The molecule has 0 fully saturated rings. The molecule has 0 aromatic carbocycles. The zero-order valence-corrected chi connectivity index (χ0v) is 9.14. The fourth-order valence-electron chi connectivity index (χ4n) is 1.05. The molecule has 0 unspecified atom stereocenters. The van der Waals surface area contributed by atoms with Crippen LogP contribution in [-0.2, 0) is 9.53 Å². The van der Waals surface area contributed by atoms with Gasteiger partial charge >= 0.3 is 5.97 Å². The predicted octanol–water partition coefficient (Wildman–Crippen LogP) is 2.20. The Kier molecular flexibility index (Phi) is 8.14. The minimum Gasteiger partial charge on any atom is -0.469 e. The molecule has 0 aliphatic heterocycles. The number of carbonyl (C=O) groups is 1. The van der Waals surface area contributed by atoms with E-state index < -0.39 is 0 Å². The summed E-state index contributed by atoms with van der Waals surface area (Å²) in [6.45, 7) is 0.903. The van der Waals surface area contributed by atoms with Gasteiger partial charge in [0.05, 0.1) is 7.11 Å². The monoisotopic (exact) mass is 207 g/mol. The van der Waals surface area contributed by atoms with Crippen LogP contribution in [0.5, 0.6) is 0 Å². The second kappa shape index (κ2) is 8.32. The van der Waals surface area contributed by atoms with Gasteiger partial charge in [0.15, 0.2) is 0 Å². The van der Waals surface area contributed by atoms with Crippen molar-refractivity contribution in [2.75, 3.05) is 20.7 Å². The molecule has 0 aliphatic rings. The third kappa shape index (κ3) is 9.64. The highest BCUT2D eigenvalue weighted by Crippen LogP contribution is 2.04. The van der Waals surface area contributed by atoms with Crippen molar-refractivity contribution in [2.24, 2.45) is 0 Å². The van der Waals surface area contributed by atoms with Gasteiger partial charge in [0, 0.05) is 20.0 Å². The fraction of sp³-hybridized carbons (Fsp3) is 0.889. The number of hydrogen-bond donors (Lipinski definition) is 0. The van der Waals surface area contributed by atoms with Crippen molar-refractivity contribution in [3.63, 3.8) is 0 Å². The first-order chi connectivity index (χ1) is 6.16. The highest BCUT2D eigenvalue weighted by Gasteiger charge is 1.99. The molecule has 0 amide bonds. The van der Waals surface area contributed by atoms with Gasteiger partial charge in [-0.3, -0.25) is 4.79 Å². The van der Waals surface area contributed by atoms with Gasteiger partial charge in [-0.05, 0) is 24.6 Å². The SMILES string of the molecule is COC(=O)CCCCCCN(C)Cl. The van der Waals surface area contributed by atoms with E-state index in [9.17, 15) is 4.79 Å². The summed E-state index contributed by atoms with van der Waals surface area (Å²) in [4.78, 5) is 10.7. The van der Waals surface area contributed by atoms with Gasteiger partial charge in [0.1, 0.15) is 0 Å². The predicted molar refractivity (Wildman–Crippen MR) is 53.6 cm³/mol. The van der Waals surface area contributed by atoms with Crippen LogP contribution < -0.4 is 0 Å². The van der Waals surface area contributed by atoms with Gasteiger partial charge in [-0.25, -0.2) is 4.42 Å². The van der Waals surface area contributed by atoms with E-state index >= 15 is 0 Å². The first-order valence-corrected chi connectivity index (χ1v) is 4.94. The normalized spacial score (nSPS) is 10.5. The first-order valence-electron chi connectivity index (χ1n) is 4.60. The van der Waals surface area contributed by atoms with E-state index in [1.165, 1.54) is 7.11 Å². The molecule has 0 rings (SSSR count). The summed E-state index contributed by atoms with van der Waals surface area (Å²) in [6, 6.07) is 0. The molecular formula is C9H18ClNO2. The molecule has 0 bridgehead atoms. The Morgan fingerprint density at radius 2 is 1.92 bits per heavy atom. The van der Waals surface area contributed by atoms with Crippen LogP contribution in [0.2, 0.25) is 0 Å². The Balaban J connectivity index is 3.04. The highest BCUT2D eigenvalue weighted by atomic mass is 35.5. The van der Waals surface area contributed by atoms with E-state index in [4.69, 9.17) is 11.8 Å². The zero-order chi connectivity index (χ0) is 10.1. The minimum atomic E-state index is -0.116. The Labute approximate surface area is 85.1 Å². The Bertz CT molecular complexity index is 140. The molecule has 4 heteroatoms. The summed E-state index contributed by atoms with van der Waals surface area (Å²) in [6.07, 6.45) is 4.72. The van der Waals surface area contributed by atoms with Gasteiger partial charge in [0.2, 0.25) is 0 Å². The third-order valence-corrected chi connectivity index (χ3v) is 1.99. The van der Waals surface area contributed by atoms with Gasteiger partial charge < -0.3 is 4.74 Å². The van der Waals surface area contributed by atoms with Crippen LogP contribution in [0, 0.1) is 0 Å². The largest absolute Gasteiger partial charge is 0.469 e. The summed E-state index contributed by atoms with van der Waals surface area (Å²) >= 11 is 5.62. The van der Waals surface area contributed by atoms with Crippen molar-refractivity contribution in [3.8, 4) is 0 Å². The molecule has 13 heavy (non-hydrogen) atoms. The summed E-state index contributed by atoms with van der Waals surface area (Å²) in [7, 11) is 3.26. The first kappa shape index (κ1) is 12.7. The average Bonchev–Trinajstić information content (AvgIpc) is 2.10. The number of methoxy groups -OCH3 is 1. The summed E-state index contributed by atoms with van der Waals surface area (Å²) in [5.74, 6) is -0.116. The van der Waals surface area contributed by atoms with Crippen LogP contribution in [0.25, 0.3) is 0 Å². The number of halogens is 1. The van der Waals surface area contributed by atoms with Crippen molar-refractivity contribution >= 4 is 17.7 Å². The lowest BCUT2D eigenvalue weighted by molar-refractivity contribution is -0.140. The summed E-state index contributed by atoms with van der Waals surface area (Å²) < 4.78 is 6.18. The molecule has 0 aromatic rings. The van der Waals surface area contributed by atoms with Crippen molar-refractivity contribution in [1.82, 2.24) is 4.42 Å². The lowest BCUT2D eigenvalue weighted by Crippen LogP contribution is -2.06. The van der Waals surface area contributed by atoms with E-state index in [0.29, 0.717) is 6.42 Å². The van der Waals surface area contributed by atoms with Crippen LogP contribution in [0.4, 0.5) is 0 Å². The van der Waals surface area contributed by atoms with E-state index in [2.05, 4.69) is 4.74 Å². The van der Waals surface area contributed by atoms with E-state index in [0.717, 1.165) is 32.2 Å². The molecular weight excluding hydrogens is 190 g/mol. The maximum absolute atomic E-state index is 10.7. The molecule has 0 aliphatic carbocycles. The average molecular weight is 208 g/mol. The molecule has 0 heterocycles. The van der Waals surface area contributed by atoms with Crippen LogP contribution in [0.1, 0.15) is 32.1 Å². The Morgan fingerprint density at radius 1 is 1.31 bits per heavy atom. The second-order valence-corrected chi connectivity index (χ2v) is 3.65. The fourth-order valence-corrected chi connectivity index (χ4v) is 1.17. The van der Waals surface area contributed by atoms with Crippen LogP contribution in [0.15, 0.2) is 0 Å². The van der Waals surface area contributed by atoms with Crippen molar-refractivity contribution < 1.29 is 9.53 Å². The van der Waals surface area contributed by atoms with Crippen LogP contribution >= 0.6 is 11.8 Å². The molecule has 3 nitrogen and oxygen atoms in total. The summed E-state index contributed by atoms with van der Waals surface area (Å²) in [5.41, 5.74) is 0. The molecule has 78 valence electrons. The van der Waals surface area contributed by atoms with Crippen molar-refractivity contribution in [3.05, 3.63) is 0 Å². The molecule has 0 radical (unpaired) electrons. The van der Waals surface area contributed by atoms with E-state index in [-0.39, 0.29) is 5.97 Å². The number of nitrogens with zero attached hydrogens (tertiary/aromatic N) is 1. The van der Waals surface area contributed by atoms with E-state index in [1.54, 1.807) is 4.42 Å². The van der Waals surface area contributed by atoms with Gasteiger partial charge in [-0.1, -0.05) is 12.8 Å². The third-order valence-electron chi connectivity index (χ3n) is 1.82. The Morgan fingerprint density at radius 3 is 2.46 bits per heavy atom. The van der Waals surface area contributed by atoms with Crippen LogP contribution in [-0.4, -0.2) is 31.1 Å². The van der Waals surface area contributed by atoms with Gasteiger partial charge in [-0.15, -0.1) is 0 Å². The maximum Gasteiger partial charge on any atom is 0.305 e. The smallest absolute Gasteiger partial charge is 0.305 e. The van der Waals surface area contributed by atoms with Gasteiger partial charge in [-0.2, -0.15) is 0 Å². The maximum atomic E-state index is 10.7. The van der Waals surface area contributed by atoms with Crippen molar-refractivity contribution in [1.29, 1.82) is 0 Å². The van der Waals surface area contributed by atoms with Crippen molar-refractivity contribution in [2.45, 2.75) is 32.1 Å². The van der Waals surface area contributed by atoms with Crippen LogP contribution in [0.3, 0.4) is 0 Å². The lowest BCUT2D eigenvalue weighted by Gasteiger charge is -2.05. The number of unbranched alkanes of at least 4 members (excludes halogenated alkanes) is 3. The minimum absolute atomic E-state index is 0.116. The zero-order valence-electron chi connectivity index (χ0n) is 8.38.